The first-order chi connectivity index (χ1) is 11.9. The maximum atomic E-state index is 5.65. The van der Waals surface area contributed by atoms with Gasteiger partial charge in [0.15, 0.2) is 5.11 Å². The van der Waals surface area contributed by atoms with Gasteiger partial charge in [0.2, 0.25) is 0 Å². The number of anilines is 2. The van der Waals surface area contributed by atoms with Crippen LogP contribution in [0.2, 0.25) is 0 Å². The Labute approximate surface area is 156 Å². The molecule has 2 aromatic rings. The van der Waals surface area contributed by atoms with E-state index in [1.807, 2.05) is 0 Å². The van der Waals surface area contributed by atoms with E-state index in [-0.39, 0.29) is 0 Å². The fraction of sp³-hybridized carbons (Fsp3) is 0.381. The third-order valence-electron chi connectivity index (χ3n) is 5.04. The molecule has 3 rings (SSSR count). The second kappa shape index (κ2) is 7.44. The van der Waals surface area contributed by atoms with Crippen LogP contribution in [0.1, 0.15) is 23.6 Å². The van der Waals surface area contributed by atoms with E-state index in [9.17, 15) is 0 Å². The van der Waals surface area contributed by atoms with Crippen molar-refractivity contribution in [1.82, 2.24) is 4.90 Å². The molecule has 25 heavy (non-hydrogen) atoms. The molecule has 0 amide bonds. The first-order valence-corrected chi connectivity index (χ1v) is 9.31. The summed E-state index contributed by atoms with van der Waals surface area (Å²) in [6.07, 6.45) is 0. The molecule has 1 heterocycles. The van der Waals surface area contributed by atoms with Crippen molar-refractivity contribution in [2.75, 3.05) is 29.9 Å². The molecule has 2 aromatic carbocycles. The number of thiocarbonyl (C=S) groups is 1. The number of nitrogens with zero attached hydrogens (tertiary/aromatic N) is 2. The molecular formula is C21H27N3S. The van der Waals surface area contributed by atoms with Crippen molar-refractivity contribution < 1.29 is 0 Å². The Morgan fingerprint density at radius 3 is 2.36 bits per heavy atom. The lowest BCUT2D eigenvalue weighted by atomic mass is 10.1. The minimum atomic E-state index is 0.427. The van der Waals surface area contributed by atoms with E-state index in [0.29, 0.717) is 6.04 Å². The number of nitrogens with one attached hydrogen (secondary N) is 1. The summed E-state index contributed by atoms with van der Waals surface area (Å²) in [4.78, 5) is 4.74. The van der Waals surface area contributed by atoms with Gasteiger partial charge < -0.3 is 15.1 Å². The Morgan fingerprint density at radius 2 is 1.72 bits per heavy atom. The van der Waals surface area contributed by atoms with Crippen molar-refractivity contribution in [2.45, 2.75) is 33.7 Å². The molecule has 0 bridgehead atoms. The second-order valence-corrected chi connectivity index (χ2v) is 7.44. The zero-order chi connectivity index (χ0) is 18.0. The molecular weight excluding hydrogens is 326 g/mol. The van der Waals surface area contributed by atoms with Crippen LogP contribution < -0.4 is 10.2 Å². The summed E-state index contributed by atoms with van der Waals surface area (Å²) in [5.74, 6) is 0. The standard InChI is InChI=1S/C21H27N3S/c1-15-5-9-20(10-6-15)24-12-11-23(14-18(24)4)21(25)22-19-8-7-16(2)17(3)13-19/h5-10,13,18H,11-12,14H2,1-4H3,(H,22,25). The van der Waals surface area contributed by atoms with Crippen LogP contribution in [0, 0.1) is 20.8 Å². The quantitative estimate of drug-likeness (QED) is 0.800. The van der Waals surface area contributed by atoms with Gasteiger partial charge in [-0.2, -0.15) is 0 Å². The molecule has 1 aliphatic rings. The molecule has 132 valence electrons. The van der Waals surface area contributed by atoms with E-state index in [2.05, 4.69) is 85.3 Å². The number of benzene rings is 2. The summed E-state index contributed by atoms with van der Waals surface area (Å²) in [5.41, 5.74) is 6.25. The van der Waals surface area contributed by atoms with Crippen molar-refractivity contribution in [1.29, 1.82) is 0 Å². The summed E-state index contributed by atoms with van der Waals surface area (Å²) in [6, 6.07) is 15.6. The molecule has 0 radical (unpaired) electrons. The van der Waals surface area contributed by atoms with E-state index < -0.39 is 0 Å². The molecule has 0 spiro atoms. The van der Waals surface area contributed by atoms with Crippen LogP contribution in [-0.4, -0.2) is 35.7 Å². The van der Waals surface area contributed by atoms with E-state index >= 15 is 0 Å². The summed E-state index contributed by atoms with van der Waals surface area (Å²) < 4.78 is 0. The van der Waals surface area contributed by atoms with Crippen molar-refractivity contribution in [3.05, 3.63) is 59.2 Å². The largest absolute Gasteiger partial charge is 0.365 e. The third kappa shape index (κ3) is 4.13. The normalized spacial score (nSPS) is 17.5. The Bertz CT molecular complexity index is 754. The van der Waals surface area contributed by atoms with E-state index in [1.54, 1.807) is 0 Å². The van der Waals surface area contributed by atoms with E-state index in [0.717, 1.165) is 30.4 Å². The highest BCUT2D eigenvalue weighted by molar-refractivity contribution is 7.80. The Kier molecular flexibility index (Phi) is 5.28. The van der Waals surface area contributed by atoms with E-state index in [4.69, 9.17) is 12.2 Å². The number of hydrogen-bond acceptors (Lipinski definition) is 2. The molecule has 1 unspecified atom stereocenters. The van der Waals surface area contributed by atoms with Crippen molar-refractivity contribution >= 4 is 28.7 Å². The zero-order valence-electron chi connectivity index (χ0n) is 15.5. The summed E-state index contributed by atoms with van der Waals surface area (Å²) in [5, 5.41) is 4.22. The smallest absolute Gasteiger partial charge is 0.173 e. The minimum absolute atomic E-state index is 0.427. The predicted molar refractivity (Wildman–Crippen MR) is 112 cm³/mol. The van der Waals surface area contributed by atoms with Crippen molar-refractivity contribution in [3.63, 3.8) is 0 Å². The van der Waals surface area contributed by atoms with Crippen LogP contribution in [0.5, 0.6) is 0 Å². The van der Waals surface area contributed by atoms with Gasteiger partial charge >= 0.3 is 0 Å². The fourth-order valence-corrected chi connectivity index (χ4v) is 3.57. The first kappa shape index (κ1) is 17.7. The lowest BCUT2D eigenvalue weighted by Crippen LogP contribution is -2.54. The fourth-order valence-electron chi connectivity index (χ4n) is 3.28. The molecule has 0 aromatic heterocycles. The van der Waals surface area contributed by atoms with Crippen LogP contribution in [0.3, 0.4) is 0 Å². The van der Waals surface area contributed by atoms with Gasteiger partial charge in [-0.1, -0.05) is 23.8 Å². The van der Waals surface area contributed by atoms with Gasteiger partial charge in [0.1, 0.15) is 0 Å². The predicted octanol–water partition coefficient (Wildman–Crippen LogP) is 4.52. The summed E-state index contributed by atoms with van der Waals surface area (Å²) >= 11 is 5.65. The van der Waals surface area contributed by atoms with Gasteiger partial charge in [0.05, 0.1) is 0 Å². The highest BCUT2D eigenvalue weighted by atomic mass is 32.1. The maximum absolute atomic E-state index is 5.65. The van der Waals surface area contributed by atoms with Crippen LogP contribution >= 0.6 is 12.2 Å². The Balaban J connectivity index is 1.62. The monoisotopic (exact) mass is 353 g/mol. The Morgan fingerprint density at radius 1 is 1.00 bits per heavy atom. The van der Waals surface area contributed by atoms with Gasteiger partial charge in [0.25, 0.3) is 0 Å². The third-order valence-corrected chi connectivity index (χ3v) is 5.40. The molecule has 0 saturated carbocycles. The van der Waals surface area contributed by atoms with Crippen molar-refractivity contribution in [2.24, 2.45) is 0 Å². The first-order valence-electron chi connectivity index (χ1n) is 8.90. The summed E-state index contributed by atoms with van der Waals surface area (Å²) in [6.45, 7) is 11.5. The average molecular weight is 354 g/mol. The van der Waals surface area contributed by atoms with Gasteiger partial charge in [-0.25, -0.2) is 0 Å². The zero-order valence-corrected chi connectivity index (χ0v) is 16.4. The number of hydrogen-bond donors (Lipinski definition) is 1. The van der Waals surface area contributed by atoms with Crippen LogP contribution in [0.15, 0.2) is 42.5 Å². The SMILES string of the molecule is Cc1ccc(N2CCN(C(=S)Nc3ccc(C)c(C)c3)CC2C)cc1. The van der Waals surface area contributed by atoms with Crippen LogP contribution in [0.25, 0.3) is 0 Å². The molecule has 1 saturated heterocycles. The topological polar surface area (TPSA) is 18.5 Å². The number of piperazine rings is 1. The van der Waals surface area contributed by atoms with Gasteiger partial charge in [-0.05, 0) is 75.3 Å². The molecule has 0 aliphatic carbocycles. The lowest BCUT2D eigenvalue weighted by Gasteiger charge is -2.42. The molecule has 1 fully saturated rings. The van der Waals surface area contributed by atoms with Gasteiger partial charge in [0, 0.05) is 37.1 Å². The number of rotatable bonds is 2. The van der Waals surface area contributed by atoms with Gasteiger partial charge in [-0.15, -0.1) is 0 Å². The number of aryl methyl sites for hydroxylation is 3. The van der Waals surface area contributed by atoms with Gasteiger partial charge in [-0.3, -0.25) is 0 Å². The average Bonchev–Trinajstić information content (AvgIpc) is 2.59. The Hall–Kier alpha value is -2.07. The maximum Gasteiger partial charge on any atom is 0.173 e. The molecule has 1 N–H and O–H groups in total. The summed E-state index contributed by atoms with van der Waals surface area (Å²) in [7, 11) is 0. The van der Waals surface area contributed by atoms with Crippen LogP contribution in [0.4, 0.5) is 11.4 Å². The molecule has 3 nitrogen and oxygen atoms in total. The minimum Gasteiger partial charge on any atom is -0.365 e. The molecule has 1 atom stereocenters. The lowest BCUT2D eigenvalue weighted by molar-refractivity contribution is 0.342. The van der Waals surface area contributed by atoms with E-state index in [1.165, 1.54) is 22.4 Å². The molecule has 4 heteroatoms. The van der Waals surface area contributed by atoms with Crippen LogP contribution in [-0.2, 0) is 0 Å². The highest BCUT2D eigenvalue weighted by Gasteiger charge is 2.25. The highest BCUT2D eigenvalue weighted by Crippen LogP contribution is 2.22. The molecule has 1 aliphatic heterocycles. The van der Waals surface area contributed by atoms with Crippen molar-refractivity contribution in [3.8, 4) is 0 Å². The second-order valence-electron chi connectivity index (χ2n) is 7.05.